The van der Waals surface area contributed by atoms with Gasteiger partial charge in [-0.3, -0.25) is 0 Å². The maximum Gasteiger partial charge on any atom is 0.191 e. The monoisotopic (exact) mass is 514 g/mol. The second kappa shape index (κ2) is 14.4. The van der Waals surface area contributed by atoms with Crippen molar-refractivity contribution in [1.29, 1.82) is 0 Å². The number of hydrogen-bond donors (Lipinski definition) is 2. The van der Waals surface area contributed by atoms with Gasteiger partial charge in [-0.15, -0.1) is 24.0 Å². The molecule has 0 aliphatic rings. The average Bonchev–Trinajstić information content (AvgIpc) is 3.19. The topological polar surface area (TPSA) is 71.7 Å². The number of nitrogens with one attached hydrogen (secondary N) is 2. The van der Waals surface area contributed by atoms with E-state index in [9.17, 15) is 0 Å². The minimum Gasteiger partial charge on any atom is -0.377 e. The van der Waals surface area contributed by atoms with Crippen molar-refractivity contribution < 1.29 is 9.26 Å². The molecule has 1 aromatic carbocycles. The van der Waals surface area contributed by atoms with E-state index in [0.717, 1.165) is 49.0 Å². The third-order valence-corrected chi connectivity index (χ3v) is 4.67. The molecular formula is C22H35IN4O2. The maximum absolute atomic E-state index is 5.48. The number of benzene rings is 1. The predicted molar refractivity (Wildman–Crippen MR) is 129 cm³/mol. The highest BCUT2D eigenvalue weighted by Gasteiger charge is 2.13. The highest BCUT2D eigenvalue weighted by Crippen LogP contribution is 2.22. The van der Waals surface area contributed by atoms with E-state index in [2.05, 4.69) is 65.8 Å². The summed E-state index contributed by atoms with van der Waals surface area (Å²) in [7, 11) is 0. The van der Waals surface area contributed by atoms with Crippen molar-refractivity contribution in [3.63, 3.8) is 0 Å². The van der Waals surface area contributed by atoms with Gasteiger partial charge in [-0.25, -0.2) is 4.99 Å². The first kappa shape index (κ1) is 25.4. The first-order valence-corrected chi connectivity index (χ1v) is 10.3. The fourth-order valence-electron chi connectivity index (χ4n) is 2.96. The van der Waals surface area contributed by atoms with Gasteiger partial charge in [0.1, 0.15) is 0 Å². The average molecular weight is 514 g/mol. The van der Waals surface area contributed by atoms with E-state index >= 15 is 0 Å². The van der Waals surface area contributed by atoms with Gasteiger partial charge in [-0.05, 0) is 37.8 Å². The van der Waals surface area contributed by atoms with Gasteiger partial charge in [-0.1, -0.05) is 43.3 Å². The molecule has 1 aromatic heterocycles. The van der Waals surface area contributed by atoms with Crippen LogP contribution in [-0.2, 0) is 24.4 Å². The van der Waals surface area contributed by atoms with Crippen LogP contribution in [0.3, 0.4) is 0 Å². The Balaban J connectivity index is 0.00000420. The van der Waals surface area contributed by atoms with Gasteiger partial charge in [0, 0.05) is 25.1 Å². The highest BCUT2D eigenvalue weighted by atomic mass is 127. The van der Waals surface area contributed by atoms with Gasteiger partial charge in [0.05, 0.1) is 25.4 Å². The fourth-order valence-corrected chi connectivity index (χ4v) is 2.96. The number of halogens is 1. The number of ether oxygens (including phenoxy) is 1. The predicted octanol–water partition coefficient (Wildman–Crippen LogP) is 4.99. The van der Waals surface area contributed by atoms with E-state index in [0.29, 0.717) is 25.6 Å². The molecule has 0 fully saturated rings. The molecule has 0 atom stereocenters. The second-order valence-electron chi connectivity index (χ2n) is 6.73. The van der Waals surface area contributed by atoms with Gasteiger partial charge >= 0.3 is 0 Å². The van der Waals surface area contributed by atoms with E-state index in [-0.39, 0.29) is 24.0 Å². The van der Waals surface area contributed by atoms with Crippen molar-refractivity contribution >= 4 is 29.9 Å². The Bertz CT molecular complexity index is 712. The molecule has 0 saturated carbocycles. The number of guanidine groups is 1. The molecule has 0 radical (unpaired) electrons. The third-order valence-electron chi connectivity index (χ3n) is 4.67. The smallest absolute Gasteiger partial charge is 0.191 e. The zero-order valence-corrected chi connectivity index (χ0v) is 20.4. The summed E-state index contributed by atoms with van der Waals surface area (Å²) in [5.41, 5.74) is 3.38. The molecule has 0 amide bonds. The van der Waals surface area contributed by atoms with Gasteiger partial charge < -0.3 is 19.9 Å². The van der Waals surface area contributed by atoms with Crippen molar-refractivity contribution in [2.45, 2.75) is 66.2 Å². The zero-order valence-electron chi connectivity index (χ0n) is 18.0. The Morgan fingerprint density at radius 2 is 1.76 bits per heavy atom. The first-order valence-electron chi connectivity index (χ1n) is 10.3. The lowest BCUT2D eigenvalue weighted by molar-refractivity contribution is 0.134. The number of aromatic nitrogens is 1. The van der Waals surface area contributed by atoms with Crippen LogP contribution >= 0.6 is 24.0 Å². The Morgan fingerprint density at radius 1 is 1.07 bits per heavy atom. The summed E-state index contributed by atoms with van der Waals surface area (Å²) < 4.78 is 10.9. The molecule has 0 unspecified atom stereocenters. The summed E-state index contributed by atoms with van der Waals surface area (Å²) >= 11 is 0. The van der Waals surface area contributed by atoms with Crippen molar-refractivity contribution in [3.05, 3.63) is 52.9 Å². The number of rotatable bonds is 11. The summed E-state index contributed by atoms with van der Waals surface area (Å²) in [6.45, 7) is 11.8. The van der Waals surface area contributed by atoms with Gasteiger partial charge in [0.25, 0.3) is 0 Å². The lowest BCUT2D eigenvalue weighted by atomic mass is 9.99. The van der Waals surface area contributed by atoms with Crippen LogP contribution in [0.5, 0.6) is 0 Å². The summed E-state index contributed by atoms with van der Waals surface area (Å²) in [6, 6.07) is 10.4. The van der Waals surface area contributed by atoms with Crippen molar-refractivity contribution in [1.82, 2.24) is 15.8 Å². The van der Waals surface area contributed by atoms with Crippen molar-refractivity contribution in [2.24, 2.45) is 4.99 Å². The molecule has 2 N–H and O–H groups in total. The number of hydrogen-bond acceptors (Lipinski definition) is 4. The normalized spacial score (nSPS) is 11.4. The molecule has 1 heterocycles. The van der Waals surface area contributed by atoms with Crippen molar-refractivity contribution in [2.75, 3.05) is 13.2 Å². The zero-order chi connectivity index (χ0) is 20.2. The summed E-state index contributed by atoms with van der Waals surface area (Å²) in [4.78, 5) is 4.67. The van der Waals surface area contributed by atoms with E-state index in [1.165, 1.54) is 5.56 Å². The Hall–Kier alpha value is -1.61. The standard InChI is InChI=1S/C22H34N4O2.HI/c1-5-19(6-2)21-13-20(28-26-21)15-25-22(23-7-3)24-14-17-9-11-18(12-10-17)16-27-8-4;/h9-13,19H,5-8,14-16H2,1-4H3,(H2,23,24,25);1H. The molecule has 162 valence electrons. The molecule has 6 nitrogen and oxygen atoms in total. The summed E-state index contributed by atoms with van der Waals surface area (Å²) in [5, 5.41) is 10.8. The van der Waals surface area contributed by atoms with Crippen LogP contribution in [0, 0.1) is 0 Å². The lowest BCUT2D eigenvalue weighted by Crippen LogP contribution is -2.36. The molecule has 0 spiro atoms. The number of nitrogens with zero attached hydrogens (tertiary/aromatic N) is 2. The minimum absolute atomic E-state index is 0. The molecule has 29 heavy (non-hydrogen) atoms. The van der Waals surface area contributed by atoms with Crippen LogP contribution < -0.4 is 10.6 Å². The molecule has 0 aliphatic heterocycles. The van der Waals surface area contributed by atoms with Crippen molar-refractivity contribution in [3.8, 4) is 0 Å². The van der Waals surface area contributed by atoms with Crippen LogP contribution in [0.4, 0.5) is 0 Å². The Morgan fingerprint density at radius 3 is 2.38 bits per heavy atom. The molecule has 0 saturated heterocycles. The van der Waals surface area contributed by atoms with Crippen LogP contribution in [0.15, 0.2) is 39.8 Å². The van der Waals surface area contributed by atoms with E-state index in [4.69, 9.17) is 9.26 Å². The molecule has 2 rings (SSSR count). The second-order valence-corrected chi connectivity index (χ2v) is 6.73. The van der Waals surface area contributed by atoms with Gasteiger partial charge in [-0.2, -0.15) is 0 Å². The lowest BCUT2D eigenvalue weighted by Gasteiger charge is -2.10. The minimum atomic E-state index is 0. The summed E-state index contributed by atoms with van der Waals surface area (Å²) in [5.74, 6) is 2.05. The molecule has 0 aliphatic carbocycles. The largest absolute Gasteiger partial charge is 0.377 e. The maximum atomic E-state index is 5.48. The van der Waals surface area contributed by atoms with Gasteiger partial charge in [0.2, 0.25) is 0 Å². The Labute approximate surface area is 191 Å². The van der Waals surface area contributed by atoms with Gasteiger partial charge in [0.15, 0.2) is 11.7 Å². The van der Waals surface area contributed by atoms with Crippen LogP contribution in [0.1, 0.15) is 69.0 Å². The number of aliphatic imine (C=N–C) groups is 1. The van der Waals surface area contributed by atoms with E-state index < -0.39 is 0 Å². The third kappa shape index (κ3) is 8.74. The summed E-state index contributed by atoms with van der Waals surface area (Å²) in [6.07, 6.45) is 2.15. The fraction of sp³-hybridized carbons (Fsp3) is 0.545. The van der Waals surface area contributed by atoms with Crippen LogP contribution in [-0.4, -0.2) is 24.3 Å². The highest BCUT2D eigenvalue weighted by molar-refractivity contribution is 14.0. The van der Waals surface area contributed by atoms with E-state index in [1.54, 1.807) is 0 Å². The SMILES string of the molecule is CCNC(=NCc1ccc(COCC)cc1)NCc1cc(C(CC)CC)no1.I. The Kier molecular flexibility index (Phi) is 12.6. The van der Waals surface area contributed by atoms with E-state index in [1.807, 2.05) is 13.0 Å². The molecule has 0 bridgehead atoms. The van der Waals surface area contributed by atoms with Crippen LogP contribution in [0.25, 0.3) is 0 Å². The molecular weight excluding hydrogens is 479 g/mol. The molecule has 2 aromatic rings. The molecule has 7 heteroatoms. The quantitative estimate of drug-likeness (QED) is 0.251. The van der Waals surface area contributed by atoms with Crippen LogP contribution in [0.2, 0.25) is 0 Å². The first-order chi connectivity index (χ1) is 13.7.